The second-order valence-corrected chi connectivity index (χ2v) is 7.13. The predicted octanol–water partition coefficient (Wildman–Crippen LogP) is -0.0204. The molecule has 1 heterocycles. The van der Waals surface area contributed by atoms with Gasteiger partial charge < -0.3 is 10.0 Å². The summed E-state index contributed by atoms with van der Waals surface area (Å²) < 4.78 is 24.1. The first-order valence-corrected chi connectivity index (χ1v) is 8.47. The van der Waals surface area contributed by atoms with Gasteiger partial charge in [-0.15, -0.1) is 0 Å². The van der Waals surface area contributed by atoms with E-state index in [0.29, 0.717) is 32.4 Å². The molecule has 20 heavy (non-hydrogen) atoms. The summed E-state index contributed by atoms with van der Waals surface area (Å²) in [4.78, 5) is 24.6. The topological polar surface area (TPSA) is 95.0 Å². The van der Waals surface area contributed by atoms with Crippen LogP contribution in [0, 0.1) is 5.92 Å². The standard InChI is InChI=1S/C12H22N2O5S/c1-4-10(12(16)17)13(2)11(15)9-5-7-14(8-6-9)20(3,18)19/h9-10H,4-8H2,1-3H3,(H,16,17). The number of rotatable bonds is 5. The second kappa shape index (κ2) is 6.53. The van der Waals surface area contributed by atoms with Gasteiger partial charge in [0.15, 0.2) is 0 Å². The Labute approximate surface area is 119 Å². The number of piperidine rings is 1. The molecule has 1 aliphatic heterocycles. The highest BCUT2D eigenvalue weighted by Gasteiger charge is 2.33. The highest BCUT2D eigenvalue weighted by atomic mass is 32.2. The third-order valence-electron chi connectivity index (χ3n) is 3.76. The van der Waals surface area contributed by atoms with Crippen LogP contribution in [0.4, 0.5) is 0 Å². The van der Waals surface area contributed by atoms with Gasteiger partial charge in [0.05, 0.1) is 6.26 Å². The fourth-order valence-electron chi connectivity index (χ4n) is 2.49. The first-order valence-electron chi connectivity index (χ1n) is 6.63. The predicted molar refractivity (Wildman–Crippen MR) is 73.6 cm³/mol. The molecule has 1 aliphatic rings. The number of likely N-dealkylation sites (N-methyl/N-ethyl adjacent to an activating group) is 1. The Morgan fingerprint density at radius 3 is 2.20 bits per heavy atom. The number of amides is 1. The van der Waals surface area contributed by atoms with E-state index < -0.39 is 22.0 Å². The van der Waals surface area contributed by atoms with Gasteiger partial charge in [0.2, 0.25) is 15.9 Å². The van der Waals surface area contributed by atoms with E-state index in [4.69, 9.17) is 5.11 Å². The van der Waals surface area contributed by atoms with Crippen molar-refractivity contribution < 1.29 is 23.1 Å². The highest BCUT2D eigenvalue weighted by molar-refractivity contribution is 7.88. The second-order valence-electron chi connectivity index (χ2n) is 5.15. The minimum atomic E-state index is -3.22. The molecule has 0 aliphatic carbocycles. The van der Waals surface area contributed by atoms with Crippen molar-refractivity contribution >= 4 is 21.9 Å². The van der Waals surface area contributed by atoms with E-state index in [-0.39, 0.29) is 11.8 Å². The summed E-state index contributed by atoms with van der Waals surface area (Å²) in [5.74, 6) is -1.53. The SMILES string of the molecule is CCC(C(=O)O)N(C)C(=O)C1CCN(S(C)(=O)=O)CC1. The van der Waals surface area contributed by atoms with Crippen molar-refractivity contribution in [2.24, 2.45) is 5.92 Å². The number of sulfonamides is 1. The Morgan fingerprint density at radius 2 is 1.85 bits per heavy atom. The minimum Gasteiger partial charge on any atom is -0.480 e. The third-order valence-corrected chi connectivity index (χ3v) is 5.06. The molecule has 1 rings (SSSR count). The summed E-state index contributed by atoms with van der Waals surface area (Å²) in [6.45, 7) is 2.34. The van der Waals surface area contributed by atoms with Crippen LogP contribution in [0.1, 0.15) is 26.2 Å². The number of carbonyl (C=O) groups excluding carboxylic acids is 1. The van der Waals surface area contributed by atoms with Crippen LogP contribution in [0.15, 0.2) is 0 Å². The van der Waals surface area contributed by atoms with Gasteiger partial charge in [-0.1, -0.05) is 6.92 Å². The first-order chi connectivity index (χ1) is 9.18. The van der Waals surface area contributed by atoms with Gasteiger partial charge >= 0.3 is 5.97 Å². The van der Waals surface area contributed by atoms with Crippen LogP contribution in [0.25, 0.3) is 0 Å². The Bertz CT molecular complexity index is 468. The van der Waals surface area contributed by atoms with Crippen LogP contribution < -0.4 is 0 Å². The smallest absolute Gasteiger partial charge is 0.326 e. The average molecular weight is 306 g/mol. The Balaban J connectivity index is 2.65. The lowest BCUT2D eigenvalue weighted by atomic mass is 9.96. The lowest BCUT2D eigenvalue weighted by Crippen LogP contribution is -2.48. The third kappa shape index (κ3) is 3.92. The number of carboxylic acids is 1. The summed E-state index contributed by atoms with van der Waals surface area (Å²) >= 11 is 0. The number of aliphatic carboxylic acids is 1. The van der Waals surface area contributed by atoms with Gasteiger partial charge in [-0.2, -0.15) is 0 Å². The fourth-order valence-corrected chi connectivity index (χ4v) is 3.36. The number of nitrogens with zero attached hydrogens (tertiary/aromatic N) is 2. The summed E-state index contributed by atoms with van der Waals surface area (Å²) in [5.41, 5.74) is 0. The molecule has 1 N–H and O–H groups in total. The Kier molecular flexibility index (Phi) is 5.52. The van der Waals surface area contributed by atoms with Crippen molar-refractivity contribution in [3.8, 4) is 0 Å². The molecule has 0 aromatic heterocycles. The molecule has 7 nitrogen and oxygen atoms in total. The molecule has 0 bridgehead atoms. The molecular weight excluding hydrogens is 284 g/mol. The van der Waals surface area contributed by atoms with Crippen molar-refractivity contribution in [1.29, 1.82) is 0 Å². The first kappa shape index (κ1) is 16.9. The van der Waals surface area contributed by atoms with Crippen LogP contribution in [0.5, 0.6) is 0 Å². The minimum absolute atomic E-state index is 0.215. The number of carbonyl (C=O) groups is 2. The summed E-state index contributed by atoms with van der Waals surface area (Å²) in [5, 5.41) is 9.06. The van der Waals surface area contributed by atoms with Crippen molar-refractivity contribution in [2.75, 3.05) is 26.4 Å². The van der Waals surface area contributed by atoms with Gasteiger partial charge in [0, 0.05) is 26.1 Å². The van der Waals surface area contributed by atoms with E-state index >= 15 is 0 Å². The Hall–Kier alpha value is -1.15. The van der Waals surface area contributed by atoms with E-state index in [2.05, 4.69) is 0 Å². The molecule has 0 spiro atoms. The monoisotopic (exact) mass is 306 g/mol. The molecule has 0 aromatic rings. The van der Waals surface area contributed by atoms with E-state index in [1.807, 2.05) is 0 Å². The van der Waals surface area contributed by atoms with Crippen LogP contribution >= 0.6 is 0 Å². The molecule has 0 aromatic carbocycles. The van der Waals surface area contributed by atoms with Crippen LogP contribution in [-0.2, 0) is 19.6 Å². The fraction of sp³-hybridized carbons (Fsp3) is 0.833. The molecule has 116 valence electrons. The quantitative estimate of drug-likeness (QED) is 0.770. The van der Waals surface area contributed by atoms with Crippen molar-refractivity contribution in [1.82, 2.24) is 9.21 Å². The molecule has 8 heteroatoms. The lowest BCUT2D eigenvalue weighted by molar-refractivity contribution is -0.151. The van der Waals surface area contributed by atoms with Crippen LogP contribution in [0.3, 0.4) is 0 Å². The molecule has 1 atom stereocenters. The Morgan fingerprint density at radius 1 is 1.35 bits per heavy atom. The maximum absolute atomic E-state index is 12.3. The van der Waals surface area contributed by atoms with Gasteiger partial charge in [0.1, 0.15) is 6.04 Å². The largest absolute Gasteiger partial charge is 0.480 e. The van der Waals surface area contributed by atoms with Crippen LogP contribution in [0.2, 0.25) is 0 Å². The van der Waals surface area contributed by atoms with Gasteiger partial charge in [-0.3, -0.25) is 4.79 Å². The highest BCUT2D eigenvalue weighted by Crippen LogP contribution is 2.22. The maximum Gasteiger partial charge on any atom is 0.326 e. The van der Waals surface area contributed by atoms with Crippen molar-refractivity contribution in [3.63, 3.8) is 0 Å². The van der Waals surface area contributed by atoms with Gasteiger partial charge in [-0.25, -0.2) is 17.5 Å². The summed E-state index contributed by atoms with van der Waals surface area (Å²) in [7, 11) is -1.72. The number of carboxylic acid groups (broad SMARTS) is 1. The number of hydrogen-bond donors (Lipinski definition) is 1. The van der Waals surface area contributed by atoms with Gasteiger partial charge in [0.25, 0.3) is 0 Å². The van der Waals surface area contributed by atoms with E-state index in [1.54, 1.807) is 6.92 Å². The lowest BCUT2D eigenvalue weighted by Gasteiger charge is -2.33. The van der Waals surface area contributed by atoms with E-state index in [9.17, 15) is 18.0 Å². The van der Waals surface area contributed by atoms with Gasteiger partial charge in [-0.05, 0) is 19.3 Å². The molecule has 1 fully saturated rings. The van der Waals surface area contributed by atoms with Crippen molar-refractivity contribution in [2.45, 2.75) is 32.2 Å². The molecule has 1 saturated heterocycles. The summed E-state index contributed by atoms with van der Waals surface area (Å²) in [6.07, 6.45) is 2.37. The summed E-state index contributed by atoms with van der Waals surface area (Å²) in [6, 6.07) is -0.824. The van der Waals surface area contributed by atoms with E-state index in [0.717, 1.165) is 6.26 Å². The number of hydrogen-bond acceptors (Lipinski definition) is 4. The van der Waals surface area contributed by atoms with Crippen molar-refractivity contribution in [3.05, 3.63) is 0 Å². The zero-order valence-electron chi connectivity index (χ0n) is 12.1. The van der Waals surface area contributed by atoms with Crippen LogP contribution in [-0.4, -0.2) is 67.0 Å². The molecular formula is C12H22N2O5S. The zero-order chi connectivity index (χ0) is 15.5. The molecule has 0 saturated carbocycles. The molecule has 0 radical (unpaired) electrons. The molecule has 1 unspecified atom stereocenters. The zero-order valence-corrected chi connectivity index (χ0v) is 12.9. The van der Waals surface area contributed by atoms with E-state index in [1.165, 1.54) is 16.3 Å². The normalized spacial score (nSPS) is 19.6. The average Bonchev–Trinajstić information content (AvgIpc) is 2.37. The molecule has 1 amide bonds. The maximum atomic E-state index is 12.3.